The number of nitrogens with two attached hydrogens (primary N) is 2. The highest BCUT2D eigenvalue weighted by Crippen LogP contribution is 2.22. The van der Waals surface area contributed by atoms with Gasteiger partial charge in [-0.05, 0) is 29.9 Å². The normalized spacial score (nSPS) is 11.8. The summed E-state index contributed by atoms with van der Waals surface area (Å²) < 4.78 is 0. The second kappa shape index (κ2) is 5.78. The van der Waals surface area contributed by atoms with E-state index < -0.39 is 0 Å². The molecule has 0 radical (unpaired) electrons. The van der Waals surface area contributed by atoms with Crippen LogP contribution in [0, 0.1) is 6.92 Å². The van der Waals surface area contributed by atoms with Gasteiger partial charge in [-0.25, -0.2) is 4.99 Å². The SMILES string of the molecule is CCSC(N)=Nc1cccc(CN)c1C. The molecule has 0 aliphatic rings. The van der Waals surface area contributed by atoms with Crippen molar-refractivity contribution in [3.05, 3.63) is 29.3 Å². The molecule has 0 bridgehead atoms. The van der Waals surface area contributed by atoms with Crippen LogP contribution in [0.25, 0.3) is 0 Å². The average Bonchev–Trinajstić information content (AvgIpc) is 2.21. The Balaban J connectivity index is 2.99. The summed E-state index contributed by atoms with van der Waals surface area (Å²) in [4.78, 5) is 4.36. The average molecular weight is 223 g/mol. The van der Waals surface area contributed by atoms with E-state index in [4.69, 9.17) is 11.5 Å². The predicted molar refractivity (Wildman–Crippen MR) is 68.5 cm³/mol. The summed E-state index contributed by atoms with van der Waals surface area (Å²) in [7, 11) is 0. The molecule has 0 atom stereocenters. The molecular weight excluding hydrogens is 206 g/mol. The summed E-state index contributed by atoms with van der Waals surface area (Å²) in [5.41, 5.74) is 14.5. The van der Waals surface area contributed by atoms with Crippen molar-refractivity contribution in [2.24, 2.45) is 16.5 Å². The molecule has 0 heterocycles. The van der Waals surface area contributed by atoms with Gasteiger partial charge in [0.15, 0.2) is 5.17 Å². The van der Waals surface area contributed by atoms with Crippen molar-refractivity contribution in [2.75, 3.05) is 5.75 Å². The van der Waals surface area contributed by atoms with Gasteiger partial charge in [-0.1, -0.05) is 30.8 Å². The van der Waals surface area contributed by atoms with Crippen molar-refractivity contribution in [2.45, 2.75) is 20.4 Å². The Bertz CT molecular complexity index is 361. The van der Waals surface area contributed by atoms with E-state index in [1.165, 1.54) is 0 Å². The molecule has 0 saturated carbocycles. The van der Waals surface area contributed by atoms with Crippen LogP contribution in [0.15, 0.2) is 23.2 Å². The zero-order valence-electron chi connectivity index (χ0n) is 9.16. The fraction of sp³-hybridized carbons (Fsp3) is 0.364. The molecule has 3 nitrogen and oxygen atoms in total. The fourth-order valence-corrected chi connectivity index (χ4v) is 1.77. The lowest BCUT2D eigenvalue weighted by Gasteiger charge is -2.06. The lowest BCUT2D eigenvalue weighted by atomic mass is 10.1. The molecular formula is C11H17N3S. The van der Waals surface area contributed by atoms with Gasteiger partial charge in [-0.15, -0.1) is 0 Å². The molecule has 1 aromatic rings. The largest absolute Gasteiger partial charge is 0.378 e. The highest BCUT2D eigenvalue weighted by molar-refractivity contribution is 8.13. The molecule has 0 fully saturated rings. The van der Waals surface area contributed by atoms with Crippen molar-refractivity contribution in [1.29, 1.82) is 0 Å². The third-order valence-electron chi connectivity index (χ3n) is 2.16. The first-order chi connectivity index (χ1) is 7.19. The van der Waals surface area contributed by atoms with Crippen LogP contribution < -0.4 is 11.5 Å². The van der Waals surface area contributed by atoms with Gasteiger partial charge in [-0.3, -0.25) is 0 Å². The minimum absolute atomic E-state index is 0.538. The summed E-state index contributed by atoms with van der Waals surface area (Å²) in [5.74, 6) is 0.935. The Morgan fingerprint density at radius 3 is 2.80 bits per heavy atom. The van der Waals surface area contributed by atoms with Crippen LogP contribution in [0.1, 0.15) is 18.1 Å². The van der Waals surface area contributed by atoms with Gasteiger partial charge in [-0.2, -0.15) is 0 Å². The monoisotopic (exact) mass is 223 g/mol. The number of hydrogen-bond acceptors (Lipinski definition) is 3. The van der Waals surface area contributed by atoms with Crippen molar-refractivity contribution < 1.29 is 0 Å². The molecule has 1 aromatic carbocycles. The Morgan fingerprint density at radius 2 is 2.20 bits per heavy atom. The third kappa shape index (κ3) is 3.25. The predicted octanol–water partition coefficient (Wildman–Crippen LogP) is 2.15. The number of hydrogen-bond donors (Lipinski definition) is 2. The minimum Gasteiger partial charge on any atom is -0.378 e. The summed E-state index contributed by atoms with van der Waals surface area (Å²) in [6.07, 6.45) is 0. The summed E-state index contributed by atoms with van der Waals surface area (Å²) >= 11 is 1.54. The number of nitrogens with zero attached hydrogens (tertiary/aromatic N) is 1. The van der Waals surface area contributed by atoms with Crippen LogP contribution in [0.3, 0.4) is 0 Å². The van der Waals surface area contributed by atoms with E-state index in [0.29, 0.717) is 11.7 Å². The maximum atomic E-state index is 5.76. The zero-order valence-corrected chi connectivity index (χ0v) is 9.97. The highest BCUT2D eigenvalue weighted by Gasteiger charge is 2.02. The van der Waals surface area contributed by atoms with E-state index in [1.807, 2.05) is 25.1 Å². The number of aliphatic imine (C=N–C) groups is 1. The van der Waals surface area contributed by atoms with E-state index in [1.54, 1.807) is 11.8 Å². The summed E-state index contributed by atoms with van der Waals surface area (Å²) in [6.45, 7) is 4.61. The summed E-state index contributed by atoms with van der Waals surface area (Å²) in [6, 6.07) is 5.92. The third-order valence-corrected chi connectivity index (χ3v) is 2.84. The molecule has 0 unspecified atom stereocenters. The van der Waals surface area contributed by atoms with E-state index in [-0.39, 0.29) is 0 Å². The first kappa shape index (κ1) is 12.1. The molecule has 82 valence electrons. The molecule has 15 heavy (non-hydrogen) atoms. The number of rotatable bonds is 3. The van der Waals surface area contributed by atoms with Crippen molar-refractivity contribution in [3.63, 3.8) is 0 Å². The molecule has 0 aromatic heterocycles. The molecule has 0 saturated heterocycles. The first-order valence-electron chi connectivity index (χ1n) is 4.94. The lowest BCUT2D eigenvalue weighted by molar-refractivity contribution is 1.05. The first-order valence-corrected chi connectivity index (χ1v) is 5.93. The maximum Gasteiger partial charge on any atom is 0.159 e. The molecule has 4 N–H and O–H groups in total. The molecule has 0 aliphatic carbocycles. The quantitative estimate of drug-likeness (QED) is 0.609. The fourth-order valence-electron chi connectivity index (χ4n) is 1.31. The molecule has 0 amide bonds. The number of thioether (sulfide) groups is 1. The Kier molecular flexibility index (Phi) is 4.65. The van der Waals surface area contributed by atoms with Gasteiger partial charge in [0.05, 0.1) is 5.69 Å². The van der Waals surface area contributed by atoms with Crippen molar-refractivity contribution >= 4 is 22.6 Å². The van der Waals surface area contributed by atoms with Gasteiger partial charge in [0.2, 0.25) is 0 Å². The van der Waals surface area contributed by atoms with Crippen LogP contribution in [0.5, 0.6) is 0 Å². The summed E-state index contributed by atoms with van der Waals surface area (Å²) in [5, 5.41) is 0.606. The van der Waals surface area contributed by atoms with E-state index >= 15 is 0 Å². The van der Waals surface area contributed by atoms with Crippen LogP contribution >= 0.6 is 11.8 Å². The molecule has 4 heteroatoms. The van der Waals surface area contributed by atoms with Gasteiger partial charge in [0, 0.05) is 6.54 Å². The van der Waals surface area contributed by atoms with Gasteiger partial charge in [0.1, 0.15) is 0 Å². The number of benzene rings is 1. The smallest absolute Gasteiger partial charge is 0.159 e. The Labute approximate surface area is 95.0 Å². The van der Waals surface area contributed by atoms with Crippen LogP contribution in [-0.2, 0) is 6.54 Å². The standard InChI is InChI=1S/C11H17N3S/c1-3-15-11(13)14-10-6-4-5-9(7-12)8(10)2/h4-6H,3,7,12H2,1-2H3,(H2,13,14). The van der Waals surface area contributed by atoms with Gasteiger partial charge in [0.25, 0.3) is 0 Å². The minimum atomic E-state index is 0.538. The van der Waals surface area contributed by atoms with Gasteiger partial charge >= 0.3 is 0 Å². The number of amidine groups is 1. The second-order valence-corrected chi connectivity index (χ2v) is 4.43. The van der Waals surface area contributed by atoms with Crippen LogP contribution in [0.2, 0.25) is 0 Å². The van der Waals surface area contributed by atoms with Crippen molar-refractivity contribution in [3.8, 4) is 0 Å². The second-order valence-electron chi connectivity index (χ2n) is 3.15. The maximum absolute atomic E-state index is 5.76. The van der Waals surface area contributed by atoms with E-state index in [0.717, 1.165) is 22.6 Å². The topological polar surface area (TPSA) is 64.4 Å². The molecule has 0 spiro atoms. The van der Waals surface area contributed by atoms with Gasteiger partial charge < -0.3 is 11.5 Å². The Hall–Kier alpha value is -1.00. The Morgan fingerprint density at radius 1 is 1.47 bits per heavy atom. The van der Waals surface area contributed by atoms with Crippen molar-refractivity contribution in [1.82, 2.24) is 0 Å². The zero-order chi connectivity index (χ0) is 11.3. The van der Waals surface area contributed by atoms with Crippen LogP contribution in [-0.4, -0.2) is 10.9 Å². The lowest BCUT2D eigenvalue weighted by Crippen LogP contribution is -2.06. The molecule has 1 rings (SSSR count). The van der Waals surface area contributed by atoms with Crippen LogP contribution in [0.4, 0.5) is 5.69 Å². The highest BCUT2D eigenvalue weighted by atomic mass is 32.2. The molecule has 0 aliphatic heterocycles. The van der Waals surface area contributed by atoms with E-state index in [2.05, 4.69) is 11.9 Å². The van der Waals surface area contributed by atoms with E-state index in [9.17, 15) is 0 Å².